The topological polar surface area (TPSA) is 6.48 Å². The minimum Gasteiger partial charge on any atom is -0.247 e. The molecule has 0 unspecified atom stereocenters. The van der Waals surface area contributed by atoms with Gasteiger partial charge in [0.05, 0.1) is 22.7 Å². The van der Waals surface area contributed by atoms with Crippen LogP contribution in [0.25, 0.3) is 0 Å². The second kappa shape index (κ2) is 8.93. The average Bonchev–Trinajstić information content (AvgIpc) is 2.87. The van der Waals surface area contributed by atoms with Crippen molar-refractivity contribution in [3.8, 4) is 0 Å². The van der Waals surface area contributed by atoms with Gasteiger partial charge in [0, 0.05) is 19.6 Å². The van der Waals surface area contributed by atoms with E-state index in [1.54, 1.807) is 0 Å². The van der Waals surface area contributed by atoms with Crippen molar-refractivity contribution >= 4 is 46.3 Å². The highest BCUT2D eigenvalue weighted by Crippen LogP contribution is 2.57. The summed E-state index contributed by atoms with van der Waals surface area (Å²) in [5, 5.41) is 4.98. The fourth-order valence-corrected chi connectivity index (χ4v) is 7.79. The van der Waals surface area contributed by atoms with Crippen molar-refractivity contribution in [1.82, 2.24) is 0 Å². The molecule has 0 spiro atoms. The van der Waals surface area contributed by atoms with Crippen molar-refractivity contribution in [2.45, 2.75) is 74.0 Å². The van der Waals surface area contributed by atoms with E-state index in [1.807, 2.05) is 23.5 Å². The molecule has 0 atom stereocenters. The molecule has 182 valence electrons. The van der Waals surface area contributed by atoms with Gasteiger partial charge in [-0.3, -0.25) is 0 Å². The van der Waals surface area contributed by atoms with Gasteiger partial charge in [0.1, 0.15) is 0 Å². The summed E-state index contributed by atoms with van der Waals surface area (Å²) in [5.74, 6) is 0. The first-order chi connectivity index (χ1) is 17.4. The quantitative estimate of drug-likeness (QED) is 0.271. The maximum Gasteiger partial charge on any atom is 0.0779 e. The Morgan fingerprint density at radius 2 is 0.944 bits per heavy atom. The lowest BCUT2D eigenvalue weighted by Crippen LogP contribution is -2.39. The summed E-state index contributed by atoms with van der Waals surface area (Å²) in [7, 11) is 0. The van der Waals surface area contributed by atoms with Crippen LogP contribution in [-0.4, -0.2) is 0 Å². The van der Waals surface area contributed by atoms with Crippen LogP contribution in [0.5, 0.6) is 0 Å². The van der Waals surface area contributed by atoms with Gasteiger partial charge in [0.25, 0.3) is 0 Å². The molecule has 0 fully saturated rings. The summed E-state index contributed by atoms with van der Waals surface area (Å²) < 4.78 is 0. The van der Waals surface area contributed by atoms with Gasteiger partial charge < -0.3 is 0 Å². The fraction of sp³-hybridized carbons (Fsp3) is 0.250. The molecule has 0 saturated heterocycles. The molecular formula is C32H32N2S2. The van der Waals surface area contributed by atoms with Crippen molar-refractivity contribution in [2.24, 2.45) is 0 Å². The van der Waals surface area contributed by atoms with Gasteiger partial charge in [-0.1, -0.05) is 61.6 Å². The number of aryl methyl sites for hydroxylation is 6. The minimum absolute atomic E-state index is 1.05. The zero-order valence-corrected chi connectivity index (χ0v) is 23.5. The van der Waals surface area contributed by atoms with E-state index in [-0.39, 0.29) is 0 Å². The van der Waals surface area contributed by atoms with E-state index in [9.17, 15) is 0 Å². The second-order valence-corrected chi connectivity index (χ2v) is 12.0. The molecule has 0 aromatic heterocycles. The van der Waals surface area contributed by atoms with E-state index < -0.39 is 0 Å². The standard InChI is InChI=1S/C32H32N2S2/c1-7-23-17-29-27(15-21(23)5)33(25-13-9-11-19(3)31(25)35-29)34-26-14-10-12-20(4)32(26)36-30-18-24(8-2)22(6)16-28(30)34/h9-18H,7-8H2,1-6H3. The lowest BCUT2D eigenvalue weighted by Gasteiger charge is -2.45. The van der Waals surface area contributed by atoms with Gasteiger partial charge in [-0.2, -0.15) is 0 Å². The monoisotopic (exact) mass is 508 g/mol. The molecule has 0 amide bonds. The summed E-state index contributed by atoms with van der Waals surface area (Å²) in [6.45, 7) is 13.5. The maximum atomic E-state index is 2.49. The predicted octanol–water partition coefficient (Wildman–Crippen LogP) is 9.87. The Labute approximate surface area is 223 Å². The van der Waals surface area contributed by atoms with Crippen LogP contribution in [0.3, 0.4) is 0 Å². The number of hydrogen-bond donors (Lipinski definition) is 0. The van der Waals surface area contributed by atoms with Crippen molar-refractivity contribution in [2.75, 3.05) is 10.0 Å². The molecule has 36 heavy (non-hydrogen) atoms. The van der Waals surface area contributed by atoms with E-state index >= 15 is 0 Å². The molecule has 0 radical (unpaired) electrons. The molecule has 4 heteroatoms. The SMILES string of the molecule is CCc1cc2c(cc1C)N(N1c3cc(C)c(CC)cc3Sc3c(C)cccc31)c1cccc(C)c1S2. The smallest absolute Gasteiger partial charge is 0.0779 e. The van der Waals surface area contributed by atoms with Gasteiger partial charge >= 0.3 is 0 Å². The second-order valence-electron chi connectivity index (χ2n) is 9.87. The number of hydrogen-bond acceptors (Lipinski definition) is 4. The molecule has 2 heterocycles. The number of fused-ring (bicyclic) bond motifs is 4. The third kappa shape index (κ3) is 3.57. The highest BCUT2D eigenvalue weighted by Gasteiger charge is 2.35. The van der Waals surface area contributed by atoms with E-state index in [1.165, 1.54) is 75.7 Å². The van der Waals surface area contributed by atoms with E-state index in [0.29, 0.717) is 0 Å². The molecule has 0 aliphatic carbocycles. The van der Waals surface area contributed by atoms with Crippen molar-refractivity contribution in [3.63, 3.8) is 0 Å². The molecule has 2 nitrogen and oxygen atoms in total. The first-order valence-electron chi connectivity index (χ1n) is 12.8. The van der Waals surface area contributed by atoms with E-state index in [2.05, 4.69) is 112 Å². The summed E-state index contributed by atoms with van der Waals surface area (Å²) >= 11 is 3.83. The zero-order valence-electron chi connectivity index (χ0n) is 21.9. The van der Waals surface area contributed by atoms with Gasteiger partial charge in [-0.15, -0.1) is 0 Å². The molecule has 4 aromatic carbocycles. The molecule has 2 aliphatic heterocycles. The molecular weight excluding hydrogens is 477 g/mol. The van der Waals surface area contributed by atoms with Crippen LogP contribution in [0.4, 0.5) is 22.7 Å². The Kier molecular flexibility index (Phi) is 5.85. The summed E-state index contributed by atoms with van der Waals surface area (Å²) in [5.41, 5.74) is 13.2. The number of rotatable bonds is 3. The molecule has 6 rings (SSSR count). The van der Waals surface area contributed by atoms with Crippen molar-refractivity contribution in [3.05, 3.63) is 94.0 Å². The first kappa shape index (κ1) is 23.6. The van der Waals surface area contributed by atoms with Crippen molar-refractivity contribution in [1.29, 1.82) is 0 Å². The third-order valence-electron chi connectivity index (χ3n) is 7.52. The average molecular weight is 509 g/mol. The van der Waals surface area contributed by atoms with Crippen LogP contribution in [0.1, 0.15) is 47.2 Å². The minimum atomic E-state index is 1.05. The Balaban J connectivity index is 1.69. The van der Waals surface area contributed by atoms with Crippen LogP contribution in [0.15, 0.2) is 80.2 Å². The molecule has 0 N–H and O–H groups in total. The Bertz CT molecular complexity index is 1410. The highest BCUT2D eigenvalue weighted by molar-refractivity contribution is 8.00. The van der Waals surface area contributed by atoms with Crippen LogP contribution >= 0.6 is 23.5 Å². The zero-order chi connectivity index (χ0) is 25.1. The molecule has 4 aromatic rings. The van der Waals surface area contributed by atoms with Gasteiger partial charge in [-0.25, -0.2) is 10.0 Å². The molecule has 0 saturated carbocycles. The molecule has 0 bridgehead atoms. The van der Waals surface area contributed by atoms with E-state index in [4.69, 9.17) is 0 Å². The summed E-state index contributed by atoms with van der Waals surface area (Å²) in [6, 6.07) is 23.1. The summed E-state index contributed by atoms with van der Waals surface area (Å²) in [4.78, 5) is 5.34. The van der Waals surface area contributed by atoms with Gasteiger partial charge in [-0.05, 0) is 110 Å². The Hall–Kier alpha value is -2.82. The Morgan fingerprint density at radius 3 is 1.33 bits per heavy atom. The van der Waals surface area contributed by atoms with Crippen LogP contribution < -0.4 is 10.0 Å². The third-order valence-corrected chi connectivity index (χ3v) is 10.1. The lowest BCUT2D eigenvalue weighted by molar-refractivity contribution is 0.905. The van der Waals surface area contributed by atoms with Crippen LogP contribution in [-0.2, 0) is 12.8 Å². The maximum absolute atomic E-state index is 2.49. The number of anilines is 4. The van der Waals surface area contributed by atoms with Gasteiger partial charge in [0.15, 0.2) is 0 Å². The first-order valence-corrected chi connectivity index (χ1v) is 14.5. The lowest BCUT2D eigenvalue weighted by atomic mass is 10.0. The summed E-state index contributed by atoms with van der Waals surface area (Å²) in [6.07, 6.45) is 2.09. The largest absolute Gasteiger partial charge is 0.247 e. The normalized spacial score (nSPS) is 13.7. The van der Waals surface area contributed by atoms with Crippen molar-refractivity contribution < 1.29 is 0 Å². The number of nitrogens with zero attached hydrogens (tertiary/aromatic N) is 2. The number of benzene rings is 4. The van der Waals surface area contributed by atoms with E-state index in [0.717, 1.165) is 12.8 Å². The predicted molar refractivity (Wildman–Crippen MR) is 156 cm³/mol. The fourth-order valence-electron chi connectivity index (χ4n) is 5.47. The van der Waals surface area contributed by atoms with Crippen LogP contribution in [0, 0.1) is 27.7 Å². The highest BCUT2D eigenvalue weighted by atomic mass is 32.2. The van der Waals surface area contributed by atoms with Gasteiger partial charge in [0.2, 0.25) is 0 Å². The Morgan fingerprint density at radius 1 is 0.528 bits per heavy atom. The molecule has 2 aliphatic rings. The van der Waals surface area contributed by atoms with Crippen LogP contribution in [0.2, 0.25) is 0 Å². The number of hydrazine groups is 1.